The van der Waals surface area contributed by atoms with E-state index in [2.05, 4.69) is 98.9 Å². The maximum Gasteiger partial charge on any atom is 0.472 e. The molecule has 0 radical (unpaired) electrons. The summed E-state index contributed by atoms with van der Waals surface area (Å²) in [4.78, 5) is 35.7. The fourth-order valence-corrected chi connectivity index (χ4v) is 9.04. The minimum atomic E-state index is -4.41. The van der Waals surface area contributed by atoms with Gasteiger partial charge in [0.1, 0.15) is 19.8 Å². The SMILES string of the molecule is CC/C=C\C/C=C\C/C=C\C/C=C\C/C=C\C/C=C\C/C=C\CCCC(=O)OC(COC(=O)CCCCCCCCCCCCCCCCCCCCCCCCCCCCC)COP(=O)(O)OCC[N+](C)(C)C. The van der Waals surface area contributed by atoms with E-state index in [0.717, 1.165) is 64.2 Å². The molecule has 0 saturated heterocycles. The van der Waals surface area contributed by atoms with Crippen molar-refractivity contribution in [2.24, 2.45) is 0 Å². The van der Waals surface area contributed by atoms with Gasteiger partial charge in [0.15, 0.2) is 6.10 Å². The van der Waals surface area contributed by atoms with Crippen molar-refractivity contribution in [2.45, 2.75) is 264 Å². The number of ether oxygens (including phenoxy) is 2. The van der Waals surface area contributed by atoms with Crippen LogP contribution in [0.25, 0.3) is 0 Å². The number of esters is 2. The average molecular weight is 1060 g/mol. The van der Waals surface area contributed by atoms with Crippen LogP contribution in [0.5, 0.6) is 0 Å². The summed E-state index contributed by atoms with van der Waals surface area (Å²) in [6.07, 6.45) is 73.9. The van der Waals surface area contributed by atoms with Gasteiger partial charge in [0.05, 0.1) is 27.7 Å². The van der Waals surface area contributed by atoms with Gasteiger partial charge < -0.3 is 18.9 Å². The van der Waals surface area contributed by atoms with Crippen LogP contribution in [0.15, 0.2) is 85.1 Å². The molecule has 2 unspecified atom stereocenters. The molecular formula is C64H115NO8P+. The Balaban J connectivity index is 4.20. The topological polar surface area (TPSA) is 108 Å². The first kappa shape index (κ1) is 71.2. The average Bonchev–Trinajstić information content (AvgIpc) is 3.36. The predicted octanol–water partition coefficient (Wildman–Crippen LogP) is 19.0. The van der Waals surface area contributed by atoms with E-state index < -0.39 is 26.5 Å². The summed E-state index contributed by atoms with van der Waals surface area (Å²) in [5, 5.41) is 0. The number of carbonyl (C=O) groups is 2. The number of nitrogens with zero attached hydrogens (tertiary/aromatic N) is 1. The normalized spacial score (nSPS) is 13.9. The third kappa shape index (κ3) is 58.5. The molecule has 0 aromatic rings. The minimum absolute atomic E-state index is 0.0178. The van der Waals surface area contributed by atoms with E-state index in [1.807, 2.05) is 21.1 Å². The Morgan fingerprint density at radius 1 is 0.432 bits per heavy atom. The van der Waals surface area contributed by atoms with Gasteiger partial charge in [0.25, 0.3) is 0 Å². The molecule has 1 N–H and O–H groups in total. The monoisotopic (exact) mass is 1060 g/mol. The number of allylic oxidation sites excluding steroid dienone is 14. The van der Waals surface area contributed by atoms with E-state index in [0.29, 0.717) is 23.9 Å². The fourth-order valence-electron chi connectivity index (χ4n) is 8.30. The number of carbonyl (C=O) groups excluding carboxylic acids is 2. The Labute approximate surface area is 456 Å². The lowest BCUT2D eigenvalue weighted by molar-refractivity contribution is -0.870. The van der Waals surface area contributed by atoms with Crippen molar-refractivity contribution < 1.29 is 42.1 Å². The molecule has 0 aliphatic heterocycles. The molecule has 0 heterocycles. The van der Waals surface area contributed by atoms with Gasteiger partial charge in [-0.2, -0.15) is 0 Å². The van der Waals surface area contributed by atoms with Gasteiger partial charge in [-0.15, -0.1) is 0 Å². The zero-order valence-electron chi connectivity index (χ0n) is 48.6. The van der Waals surface area contributed by atoms with Crippen molar-refractivity contribution >= 4 is 19.8 Å². The number of hydrogen-bond donors (Lipinski definition) is 1. The molecule has 0 amide bonds. The second-order valence-corrected chi connectivity index (χ2v) is 22.8. The van der Waals surface area contributed by atoms with Crippen LogP contribution in [-0.4, -0.2) is 74.9 Å². The van der Waals surface area contributed by atoms with Crippen LogP contribution in [0.4, 0.5) is 0 Å². The number of phosphoric acid groups is 1. The first-order valence-electron chi connectivity index (χ1n) is 30.3. The minimum Gasteiger partial charge on any atom is -0.462 e. The van der Waals surface area contributed by atoms with Gasteiger partial charge in [-0.05, 0) is 64.2 Å². The molecule has 0 aromatic heterocycles. The molecule has 0 aromatic carbocycles. The van der Waals surface area contributed by atoms with Gasteiger partial charge in [-0.3, -0.25) is 18.6 Å². The highest BCUT2D eigenvalue weighted by atomic mass is 31.2. The second-order valence-electron chi connectivity index (χ2n) is 21.4. The number of rotatable bonds is 55. The van der Waals surface area contributed by atoms with Crippen molar-refractivity contribution in [3.8, 4) is 0 Å². The van der Waals surface area contributed by atoms with Gasteiger partial charge in [-0.25, -0.2) is 4.57 Å². The maximum absolute atomic E-state index is 12.8. The lowest BCUT2D eigenvalue weighted by Gasteiger charge is -2.24. The summed E-state index contributed by atoms with van der Waals surface area (Å²) < 4.78 is 34.5. The number of phosphoric ester groups is 1. The Hall–Kier alpha value is -2.81. The molecule has 0 aliphatic rings. The Kier molecular flexibility index (Phi) is 52.9. The van der Waals surface area contributed by atoms with E-state index in [4.69, 9.17) is 18.5 Å². The van der Waals surface area contributed by atoms with Crippen LogP contribution >= 0.6 is 7.82 Å². The fraction of sp³-hybridized carbons (Fsp3) is 0.750. The van der Waals surface area contributed by atoms with Crippen molar-refractivity contribution in [3.63, 3.8) is 0 Å². The molecular weight excluding hydrogens is 942 g/mol. The molecule has 0 bridgehead atoms. The lowest BCUT2D eigenvalue weighted by atomic mass is 10.0. The molecule has 0 saturated carbocycles. The van der Waals surface area contributed by atoms with E-state index in [9.17, 15) is 19.0 Å². The van der Waals surface area contributed by atoms with Gasteiger partial charge in [0, 0.05) is 12.8 Å². The van der Waals surface area contributed by atoms with Crippen LogP contribution in [0.2, 0.25) is 0 Å². The summed E-state index contributed by atoms with van der Waals surface area (Å²) in [7, 11) is 1.44. The summed E-state index contributed by atoms with van der Waals surface area (Å²) in [6.45, 7) is 4.28. The molecule has 74 heavy (non-hydrogen) atoms. The van der Waals surface area contributed by atoms with Crippen molar-refractivity contribution in [1.29, 1.82) is 0 Å². The van der Waals surface area contributed by atoms with E-state index in [1.54, 1.807) is 0 Å². The number of quaternary nitrogens is 1. The molecule has 10 heteroatoms. The van der Waals surface area contributed by atoms with Crippen molar-refractivity contribution in [2.75, 3.05) is 47.5 Å². The largest absolute Gasteiger partial charge is 0.472 e. The van der Waals surface area contributed by atoms with Crippen LogP contribution in [0.3, 0.4) is 0 Å². The smallest absolute Gasteiger partial charge is 0.462 e. The van der Waals surface area contributed by atoms with E-state index in [-0.39, 0.29) is 32.0 Å². The molecule has 0 fully saturated rings. The highest BCUT2D eigenvalue weighted by Gasteiger charge is 2.27. The highest BCUT2D eigenvalue weighted by molar-refractivity contribution is 7.47. The van der Waals surface area contributed by atoms with Crippen LogP contribution in [0.1, 0.15) is 258 Å². The van der Waals surface area contributed by atoms with Gasteiger partial charge >= 0.3 is 19.8 Å². The second kappa shape index (κ2) is 55.0. The Bertz CT molecular complexity index is 1520. The molecule has 0 spiro atoms. The van der Waals surface area contributed by atoms with Crippen molar-refractivity contribution in [3.05, 3.63) is 85.1 Å². The zero-order chi connectivity index (χ0) is 54.2. The Morgan fingerprint density at radius 3 is 1.14 bits per heavy atom. The quantitative estimate of drug-likeness (QED) is 0.0211. The van der Waals surface area contributed by atoms with Crippen LogP contribution in [-0.2, 0) is 32.7 Å². The number of unbranched alkanes of at least 4 members (excludes halogenated alkanes) is 27. The summed E-state index contributed by atoms with van der Waals surface area (Å²) >= 11 is 0. The zero-order valence-corrected chi connectivity index (χ0v) is 49.5. The van der Waals surface area contributed by atoms with E-state index >= 15 is 0 Å². The number of hydrogen-bond acceptors (Lipinski definition) is 7. The Morgan fingerprint density at radius 2 is 0.770 bits per heavy atom. The van der Waals surface area contributed by atoms with Gasteiger partial charge in [0.2, 0.25) is 0 Å². The third-order valence-electron chi connectivity index (χ3n) is 12.9. The summed E-state index contributed by atoms with van der Waals surface area (Å²) in [5.74, 6) is -0.863. The van der Waals surface area contributed by atoms with Gasteiger partial charge in [-0.1, -0.05) is 266 Å². The molecule has 9 nitrogen and oxygen atoms in total. The standard InChI is InChI=1S/C64H114NO8P/c1-6-8-10-12-14-16-18-20-22-24-26-28-30-31-32-33-35-36-38-40-42-44-46-48-50-52-54-56-63(66)70-60-62(61-72-74(68,69)71-59-58-65(3,4)5)73-64(67)57-55-53-51-49-47-45-43-41-39-37-34-29-27-25-23-21-19-17-15-13-11-9-7-2/h9,11,15,17,21,23,27,29,37,39,43,45,49,51,62H,6-8,10,12-14,16,18-20,22,24-26,28,30-36,38,40-42,44,46-48,50,52-61H2,1-5H3/p+1/b11-9-,17-15-,23-21-,29-27-,39-37-,45-43-,51-49-. The lowest BCUT2D eigenvalue weighted by Crippen LogP contribution is -2.37. The number of likely N-dealkylation sites (N-methyl/N-ethyl adjacent to an activating group) is 1. The summed E-state index contributed by atoms with van der Waals surface area (Å²) in [6, 6.07) is 0. The molecule has 0 aliphatic carbocycles. The third-order valence-corrected chi connectivity index (χ3v) is 13.9. The van der Waals surface area contributed by atoms with Crippen LogP contribution < -0.4 is 0 Å². The van der Waals surface area contributed by atoms with Crippen LogP contribution in [0, 0.1) is 0 Å². The molecule has 2 atom stereocenters. The summed E-state index contributed by atoms with van der Waals surface area (Å²) in [5.41, 5.74) is 0. The van der Waals surface area contributed by atoms with E-state index in [1.165, 1.54) is 154 Å². The first-order chi connectivity index (χ1) is 36.0. The predicted molar refractivity (Wildman–Crippen MR) is 316 cm³/mol. The molecule has 0 rings (SSSR count). The molecule has 428 valence electrons. The van der Waals surface area contributed by atoms with Crippen molar-refractivity contribution in [1.82, 2.24) is 0 Å². The first-order valence-corrected chi connectivity index (χ1v) is 31.8. The maximum atomic E-state index is 12.8. The highest BCUT2D eigenvalue weighted by Crippen LogP contribution is 2.43.